The van der Waals surface area contributed by atoms with Crippen molar-refractivity contribution >= 4 is 29.0 Å². The van der Waals surface area contributed by atoms with Gasteiger partial charge in [0.1, 0.15) is 5.82 Å². The number of aromatic nitrogens is 1. The summed E-state index contributed by atoms with van der Waals surface area (Å²) in [6.45, 7) is 1.36. The number of fused-ring (bicyclic) bond motifs is 1. The molecule has 1 N–H and O–H groups in total. The highest BCUT2D eigenvalue weighted by molar-refractivity contribution is 6.30. The molecule has 0 spiro atoms. The van der Waals surface area contributed by atoms with E-state index in [1.165, 1.54) is 5.56 Å². The van der Waals surface area contributed by atoms with Gasteiger partial charge in [-0.1, -0.05) is 41.9 Å². The number of aryl methyl sites for hydroxylation is 1. The molecule has 0 unspecified atom stereocenters. The minimum atomic E-state index is 0.0130. The molecule has 1 aliphatic rings. The molecule has 1 amide bonds. The number of nitrogens with one attached hydrogen (secondary N) is 1. The van der Waals surface area contributed by atoms with Crippen LogP contribution >= 0.6 is 11.6 Å². The zero-order valence-electron chi connectivity index (χ0n) is 14.9. The first-order valence-electron chi connectivity index (χ1n) is 9.05. The van der Waals surface area contributed by atoms with Gasteiger partial charge >= 0.3 is 0 Å². The standard InChI is InChI=1S/C22H20ClN3O/c23-19-9-7-16(8-10-19)15-25-21-14-18(11-12-24-21)22(27)26-13-3-5-17-4-1-2-6-20(17)26/h1-2,4,6-12,14H,3,5,13,15H2,(H,24,25). The van der Waals surface area contributed by atoms with Crippen molar-refractivity contribution in [1.29, 1.82) is 0 Å². The number of benzene rings is 2. The number of carbonyl (C=O) groups excluding carboxylic acids is 1. The number of carbonyl (C=O) groups is 1. The van der Waals surface area contributed by atoms with E-state index in [1.807, 2.05) is 53.4 Å². The minimum Gasteiger partial charge on any atom is -0.366 e. The van der Waals surface area contributed by atoms with Crippen LogP contribution in [0.25, 0.3) is 0 Å². The Labute approximate surface area is 163 Å². The maximum Gasteiger partial charge on any atom is 0.258 e. The van der Waals surface area contributed by atoms with E-state index in [-0.39, 0.29) is 5.91 Å². The molecule has 1 aromatic heterocycles. The van der Waals surface area contributed by atoms with Crippen molar-refractivity contribution in [3.05, 3.63) is 88.6 Å². The smallest absolute Gasteiger partial charge is 0.258 e. The summed E-state index contributed by atoms with van der Waals surface area (Å²) < 4.78 is 0. The van der Waals surface area contributed by atoms with Crippen molar-refractivity contribution in [2.24, 2.45) is 0 Å². The molecule has 4 rings (SSSR count). The second kappa shape index (κ2) is 7.80. The van der Waals surface area contributed by atoms with Crippen LogP contribution in [0.3, 0.4) is 0 Å². The first-order valence-corrected chi connectivity index (χ1v) is 9.43. The molecular weight excluding hydrogens is 358 g/mol. The van der Waals surface area contributed by atoms with E-state index in [2.05, 4.69) is 16.4 Å². The quantitative estimate of drug-likeness (QED) is 0.700. The summed E-state index contributed by atoms with van der Waals surface area (Å²) >= 11 is 5.92. The number of para-hydroxylation sites is 1. The second-order valence-corrected chi connectivity index (χ2v) is 7.04. The predicted molar refractivity (Wildman–Crippen MR) is 109 cm³/mol. The van der Waals surface area contributed by atoms with Crippen molar-refractivity contribution in [3.8, 4) is 0 Å². The van der Waals surface area contributed by atoms with Gasteiger partial charge in [0.25, 0.3) is 5.91 Å². The Morgan fingerprint density at radius 2 is 1.93 bits per heavy atom. The largest absolute Gasteiger partial charge is 0.366 e. The van der Waals surface area contributed by atoms with Crippen molar-refractivity contribution in [3.63, 3.8) is 0 Å². The van der Waals surface area contributed by atoms with Gasteiger partial charge in [-0.3, -0.25) is 4.79 Å². The predicted octanol–water partition coefficient (Wildman–Crippen LogP) is 4.94. The molecule has 2 heterocycles. The molecule has 0 radical (unpaired) electrons. The topological polar surface area (TPSA) is 45.2 Å². The molecule has 136 valence electrons. The number of hydrogen-bond donors (Lipinski definition) is 1. The third-order valence-electron chi connectivity index (χ3n) is 4.75. The Hall–Kier alpha value is -2.85. The molecule has 2 aromatic carbocycles. The van der Waals surface area contributed by atoms with Crippen molar-refractivity contribution in [1.82, 2.24) is 4.98 Å². The number of hydrogen-bond acceptors (Lipinski definition) is 3. The molecule has 5 heteroatoms. The SMILES string of the molecule is O=C(c1ccnc(NCc2ccc(Cl)cc2)c1)N1CCCc2ccccc21. The molecule has 0 bridgehead atoms. The van der Waals surface area contributed by atoms with Gasteiger partial charge in [-0.05, 0) is 54.3 Å². The van der Waals surface area contributed by atoms with Crippen LogP contribution in [0.15, 0.2) is 66.9 Å². The lowest BCUT2D eigenvalue weighted by Gasteiger charge is -2.29. The number of anilines is 2. The first kappa shape index (κ1) is 17.6. The first-order chi connectivity index (χ1) is 13.2. The summed E-state index contributed by atoms with van der Waals surface area (Å²) in [6.07, 6.45) is 3.67. The monoisotopic (exact) mass is 377 g/mol. The van der Waals surface area contributed by atoms with Crippen LogP contribution in [-0.4, -0.2) is 17.4 Å². The van der Waals surface area contributed by atoms with E-state index in [0.29, 0.717) is 22.9 Å². The Kier molecular flexibility index (Phi) is 5.07. The summed E-state index contributed by atoms with van der Waals surface area (Å²) in [4.78, 5) is 19.3. The van der Waals surface area contributed by atoms with Gasteiger partial charge in [0.05, 0.1) is 0 Å². The minimum absolute atomic E-state index is 0.0130. The zero-order chi connectivity index (χ0) is 18.6. The average molecular weight is 378 g/mol. The normalized spacial score (nSPS) is 13.1. The van der Waals surface area contributed by atoms with E-state index >= 15 is 0 Å². The van der Waals surface area contributed by atoms with Gasteiger partial charge in [-0.15, -0.1) is 0 Å². The van der Waals surface area contributed by atoms with Gasteiger partial charge in [-0.25, -0.2) is 4.98 Å². The summed E-state index contributed by atoms with van der Waals surface area (Å²) in [5.74, 6) is 0.695. The Bertz CT molecular complexity index is 956. The molecule has 4 nitrogen and oxygen atoms in total. The zero-order valence-corrected chi connectivity index (χ0v) is 15.6. The van der Waals surface area contributed by atoms with Crippen LogP contribution in [0, 0.1) is 0 Å². The third kappa shape index (κ3) is 3.96. The lowest BCUT2D eigenvalue weighted by molar-refractivity contribution is 0.0985. The number of pyridine rings is 1. The molecule has 0 aliphatic carbocycles. The van der Waals surface area contributed by atoms with E-state index in [1.54, 1.807) is 12.3 Å². The fraction of sp³-hybridized carbons (Fsp3) is 0.182. The molecule has 1 aliphatic heterocycles. The van der Waals surface area contributed by atoms with Crippen molar-refractivity contribution in [2.75, 3.05) is 16.8 Å². The van der Waals surface area contributed by atoms with Gasteiger partial charge in [0.2, 0.25) is 0 Å². The van der Waals surface area contributed by atoms with Crippen molar-refractivity contribution in [2.45, 2.75) is 19.4 Å². The fourth-order valence-electron chi connectivity index (χ4n) is 3.36. The summed E-state index contributed by atoms with van der Waals surface area (Å²) in [5.41, 5.74) is 3.98. The lowest BCUT2D eigenvalue weighted by atomic mass is 10.0. The fourth-order valence-corrected chi connectivity index (χ4v) is 3.48. The highest BCUT2D eigenvalue weighted by Gasteiger charge is 2.23. The van der Waals surface area contributed by atoms with E-state index < -0.39 is 0 Å². The molecule has 3 aromatic rings. The molecule has 0 saturated carbocycles. The Morgan fingerprint density at radius 1 is 1.11 bits per heavy atom. The number of amides is 1. The van der Waals surface area contributed by atoms with Gasteiger partial charge in [0.15, 0.2) is 0 Å². The average Bonchev–Trinajstić information content (AvgIpc) is 2.72. The molecule has 27 heavy (non-hydrogen) atoms. The van der Waals surface area contributed by atoms with E-state index in [0.717, 1.165) is 30.6 Å². The summed E-state index contributed by atoms with van der Waals surface area (Å²) in [6, 6.07) is 19.4. The van der Waals surface area contributed by atoms with Crippen molar-refractivity contribution < 1.29 is 4.79 Å². The van der Waals surface area contributed by atoms with Crippen LogP contribution < -0.4 is 10.2 Å². The van der Waals surface area contributed by atoms with Gasteiger partial charge < -0.3 is 10.2 Å². The van der Waals surface area contributed by atoms with Crippen LogP contribution in [0.4, 0.5) is 11.5 Å². The Morgan fingerprint density at radius 3 is 2.78 bits per heavy atom. The van der Waals surface area contributed by atoms with Crippen LogP contribution in [0.1, 0.15) is 27.9 Å². The van der Waals surface area contributed by atoms with E-state index in [4.69, 9.17) is 11.6 Å². The summed E-state index contributed by atoms with van der Waals surface area (Å²) in [7, 11) is 0. The highest BCUT2D eigenvalue weighted by atomic mass is 35.5. The van der Waals surface area contributed by atoms with Gasteiger partial charge in [-0.2, -0.15) is 0 Å². The molecule has 0 saturated heterocycles. The molecule has 0 atom stereocenters. The number of nitrogens with zero attached hydrogens (tertiary/aromatic N) is 2. The van der Waals surface area contributed by atoms with Gasteiger partial charge in [0, 0.05) is 35.6 Å². The lowest BCUT2D eigenvalue weighted by Crippen LogP contribution is -2.35. The molecule has 0 fully saturated rings. The highest BCUT2D eigenvalue weighted by Crippen LogP contribution is 2.28. The maximum absolute atomic E-state index is 13.1. The molecular formula is C22H20ClN3O. The van der Waals surface area contributed by atoms with Crippen LogP contribution in [-0.2, 0) is 13.0 Å². The second-order valence-electron chi connectivity index (χ2n) is 6.60. The maximum atomic E-state index is 13.1. The number of halogens is 1. The third-order valence-corrected chi connectivity index (χ3v) is 5.00. The summed E-state index contributed by atoms with van der Waals surface area (Å²) in [5, 5.41) is 3.99. The van der Waals surface area contributed by atoms with Crippen LogP contribution in [0.2, 0.25) is 5.02 Å². The van der Waals surface area contributed by atoms with E-state index in [9.17, 15) is 4.79 Å². The van der Waals surface area contributed by atoms with Crippen LogP contribution in [0.5, 0.6) is 0 Å². The Balaban J connectivity index is 1.51. The number of rotatable bonds is 4.